The predicted molar refractivity (Wildman–Crippen MR) is 140 cm³/mol. The van der Waals surface area contributed by atoms with Crippen LogP contribution in [-0.2, 0) is 11.3 Å². The molecule has 0 radical (unpaired) electrons. The minimum Gasteiger partial charge on any atom is -0.366 e. The van der Waals surface area contributed by atoms with Gasteiger partial charge in [-0.25, -0.2) is 4.98 Å². The van der Waals surface area contributed by atoms with E-state index in [-0.39, 0.29) is 17.3 Å². The molecule has 6 N–H and O–H groups in total. The molecule has 1 aliphatic rings. The van der Waals surface area contributed by atoms with E-state index < -0.39 is 0 Å². The average molecular weight is 520 g/mol. The molecule has 0 atom stereocenters. The number of rotatable bonds is 8. The summed E-state index contributed by atoms with van der Waals surface area (Å²) in [4.78, 5) is 16.7. The van der Waals surface area contributed by atoms with Crippen molar-refractivity contribution in [2.45, 2.75) is 13.5 Å². The molecule has 8 nitrogen and oxygen atoms in total. The van der Waals surface area contributed by atoms with Crippen molar-refractivity contribution in [2.24, 2.45) is 0 Å². The van der Waals surface area contributed by atoms with Gasteiger partial charge in [0.1, 0.15) is 11.7 Å². The largest absolute Gasteiger partial charge is 0.366 e. The molecular weight excluding hydrogens is 494 g/mol. The van der Waals surface area contributed by atoms with Gasteiger partial charge in [0, 0.05) is 47.8 Å². The van der Waals surface area contributed by atoms with Crippen LogP contribution < -0.4 is 21.3 Å². The van der Waals surface area contributed by atoms with Gasteiger partial charge < -0.3 is 26.7 Å². The molecule has 174 valence electrons. The van der Waals surface area contributed by atoms with E-state index in [1.807, 2.05) is 55.5 Å². The fourth-order valence-corrected chi connectivity index (χ4v) is 3.39. The molecule has 0 spiro atoms. The molecule has 3 rings (SSSR count). The van der Waals surface area contributed by atoms with E-state index in [4.69, 9.17) is 10.8 Å². The molecule has 9 heteroatoms. The first-order valence-corrected chi connectivity index (χ1v) is 11.3. The Kier molecular flexibility index (Phi) is 8.53. The Balaban J connectivity index is 1.92. The lowest BCUT2D eigenvalue weighted by Gasteiger charge is -2.18. The minimum atomic E-state index is -0.369. The number of nitrogens with one attached hydrogen (secondary N) is 6. The van der Waals surface area contributed by atoms with Crippen molar-refractivity contribution in [1.82, 2.24) is 20.9 Å². The van der Waals surface area contributed by atoms with Gasteiger partial charge in [-0.1, -0.05) is 34.1 Å². The second kappa shape index (κ2) is 11.8. The van der Waals surface area contributed by atoms with Gasteiger partial charge in [-0.3, -0.25) is 10.2 Å². The number of carbonyl (C=O) groups excluding carboxylic acids is 1. The zero-order chi connectivity index (χ0) is 24.5. The van der Waals surface area contributed by atoms with E-state index in [0.717, 1.165) is 27.5 Å². The lowest BCUT2D eigenvalue weighted by Crippen LogP contribution is -2.25. The topological polar surface area (TPSA) is 126 Å². The third-order valence-corrected chi connectivity index (χ3v) is 5.38. The van der Waals surface area contributed by atoms with Crippen molar-refractivity contribution >= 4 is 39.7 Å². The highest BCUT2D eigenvalue weighted by atomic mass is 79.9. The number of nitrogens with zero attached hydrogens (tertiary/aromatic N) is 1. The molecule has 0 saturated heterocycles. The van der Waals surface area contributed by atoms with E-state index in [0.29, 0.717) is 23.8 Å². The Bertz CT molecular complexity index is 1210. The van der Waals surface area contributed by atoms with Gasteiger partial charge in [-0.2, -0.15) is 0 Å². The van der Waals surface area contributed by atoms with Crippen LogP contribution in [0.4, 0.5) is 5.82 Å². The molecule has 0 bridgehead atoms. The maximum absolute atomic E-state index is 12.2. The van der Waals surface area contributed by atoms with Crippen LogP contribution in [0.1, 0.15) is 11.3 Å². The van der Waals surface area contributed by atoms with Crippen molar-refractivity contribution in [1.29, 1.82) is 10.8 Å². The number of pyridine rings is 1. The molecule has 34 heavy (non-hydrogen) atoms. The summed E-state index contributed by atoms with van der Waals surface area (Å²) < 4.78 is 0.998. The van der Waals surface area contributed by atoms with Crippen LogP contribution in [0, 0.1) is 17.7 Å². The van der Waals surface area contributed by atoms with Crippen LogP contribution in [0.2, 0.25) is 0 Å². The minimum absolute atomic E-state index is 0.195. The molecule has 0 aliphatic carbocycles. The van der Waals surface area contributed by atoms with Crippen molar-refractivity contribution < 1.29 is 4.79 Å². The molecule has 2 aromatic rings. The van der Waals surface area contributed by atoms with Crippen LogP contribution in [0.5, 0.6) is 0 Å². The number of hydrogen-bond acceptors (Lipinski definition) is 6. The summed E-state index contributed by atoms with van der Waals surface area (Å²) in [6.45, 7) is 2.40. The van der Waals surface area contributed by atoms with Gasteiger partial charge in [0.2, 0.25) is 0 Å². The molecule has 1 aromatic heterocycles. The number of aromatic nitrogens is 1. The number of benzene rings is 1. The van der Waals surface area contributed by atoms with Crippen LogP contribution in [0.25, 0.3) is 0 Å². The van der Waals surface area contributed by atoms with E-state index in [1.165, 1.54) is 7.05 Å². The Morgan fingerprint density at radius 2 is 1.97 bits per heavy atom. The smallest absolute Gasteiger partial charge is 0.254 e. The number of carbonyl (C=O) groups is 1. The standard InChI is InChI=1S/C25H26BrN7O/c1-16-4-3-5-24(32-16)33-21(13-23(28)31-15-17-6-8-19(26)9-7-17)18-10-11-30-22(12-18)20(14-27)25(34)29-2/h3-14,27,30H,15H2,1-2H3,(H2,28,31)(H,29,34)(H,32,33)/b21-13-,22-20+,27-14?. The van der Waals surface area contributed by atoms with Gasteiger partial charge in [-0.05, 0) is 48.9 Å². The monoisotopic (exact) mass is 519 g/mol. The van der Waals surface area contributed by atoms with E-state index in [1.54, 1.807) is 18.4 Å². The van der Waals surface area contributed by atoms with E-state index >= 15 is 0 Å². The molecule has 0 fully saturated rings. The normalized spacial score (nSPS) is 14.4. The molecule has 1 aliphatic heterocycles. The van der Waals surface area contributed by atoms with Crippen molar-refractivity contribution in [2.75, 3.05) is 12.4 Å². The number of dihydropyridines is 1. The molecule has 0 unspecified atom stereocenters. The first kappa shape index (κ1) is 24.7. The zero-order valence-electron chi connectivity index (χ0n) is 18.9. The van der Waals surface area contributed by atoms with Crippen molar-refractivity contribution in [3.8, 4) is 0 Å². The maximum atomic E-state index is 12.2. The highest BCUT2D eigenvalue weighted by Gasteiger charge is 2.15. The van der Waals surface area contributed by atoms with E-state index in [2.05, 4.69) is 42.2 Å². The third-order valence-electron chi connectivity index (χ3n) is 4.85. The van der Waals surface area contributed by atoms with Crippen LogP contribution >= 0.6 is 15.9 Å². The Labute approximate surface area is 207 Å². The summed E-state index contributed by atoms with van der Waals surface area (Å²) >= 11 is 3.43. The summed E-state index contributed by atoms with van der Waals surface area (Å²) in [5.74, 6) is 0.463. The molecule has 0 saturated carbocycles. The summed E-state index contributed by atoms with van der Waals surface area (Å²) in [6, 6.07) is 13.5. The lowest BCUT2D eigenvalue weighted by molar-refractivity contribution is -0.116. The third kappa shape index (κ3) is 6.76. The van der Waals surface area contributed by atoms with Crippen LogP contribution in [-0.4, -0.2) is 30.0 Å². The fourth-order valence-electron chi connectivity index (χ4n) is 3.13. The molecular formula is C25H26BrN7O. The Morgan fingerprint density at radius 3 is 2.65 bits per heavy atom. The summed E-state index contributed by atoms with van der Waals surface area (Å²) in [5, 5.41) is 28.1. The number of hydrogen-bond donors (Lipinski definition) is 6. The number of amidine groups is 1. The number of amides is 1. The molecule has 1 amide bonds. The highest BCUT2D eigenvalue weighted by Crippen LogP contribution is 2.21. The number of aryl methyl sites for hydroxylation is 1. The Hall–Kier alpha value is -3.98. The Morgan fingerprint density at radius 1 is 1.21 bits per heavy atom. The molecule has 1 aromatic carbocycles. The first-order valence-electron chi connectivity index (χ1n) is 10.5. The average Bonchev–Trinajstić information content (AvgIpc) is 2.84. The van der Waals surface area contributed by atoms with Crippen molar-refractivity contribution in [3.05, 3.63) is 105 Å². The second-order valence-corrected chi connectivity index (χ2v) is 8.28. The number of anilines is 1. The summed E-state index contributed by atoms with van der Waals surface area (Å²) in [5.41, 5.74) is 3.91. The number of likely N-dealkylation sites (N-methyl/N-ethyl adjacent to an activating group) is 1. The van der Waals surface area contributed by atoms with Gasteiger partial charge in [0.15, 0.2) is 0 Å². The SMILES string of the molecule is CNC(=O)/C(C=N)=C1C=C(/C(=C/C(=N)NCc2ccc(Br)cc2)Nc2cccc(C)n2)C=CN\1. The number of halogens is 1. The fraction of sp³-hybridized carbons (Fsp3) is 0.120. The maximum Gasteiger partial charge on any atom is 0.254 e. The molecule has 2 heterocycles. The van der Waals surface area contributed by atoms with Crippen LogP contribution in [0.3, 0.4) is 0 Å². The van der Waals surface area contributed by atoms with Gasteiger partial charge in [0.25, 0.3) is 5.91 Å². The quantitative estimate of drug-likeness (QED) is 0.179. The highest BCUT2D eigenvalue weighted by molar-refractivity contribution is 9.10. The summed E-state index contributed by atoms with van der Waals surface area (Å²) in [7, 11) is 1.52. The van der Waals surface area contributed by atoms with Gasteiger partial charge >= 0.3 is 0 Å². The van der Waals surface area contributed by atoms with Crippen LogP contribution in [0.15, 0.2) is 93.9 Å². The zero-order valence-corrected chi connectivity index (χ0v) is 20.5. The van der Waals surface area contributed by atoms with Gasteiger partial charge in [-0.15, -0.1) is 0 Å². The first-order chi connectivity index (χ1) is 16.4. The second-order valence-electron chi connectivity index (χ2n) is 7.37. The predicted octanol–water partition coefficient (Wildman–Crippen LogP) is 3.91. The lowest BCUT2D eigenvalue weighted by atomic mass is 10.0. The van der Waals surface area contributed by atoms with Gasteiger partial charge in [0.05, 0.1) is 17.0 Å². The van der Waals surface area contributed by atoms with Crippen molar-refractivity contribution in [3.63, 3.8) is 0 Å². The summed E-state index contributed by atoms with van der Waals surface area (Å²) in [6.07, 6.45) is 7.95. The number of allylic oxidation sites excluding steroid dienone is 2. The van der Waals surface area contributed by atoms with E-state index in [9.17, 15) is 4.79 Å².